The molecule has 41 heavy (non-hydrogen) atoms. The number of hydrogen-bond acceptors (Lipinski definition) is 7. The fourth-order valence-corrected chi connectivity index (χ4v) is 5.83. The van der Waals surface area contributed by atoms with Crippen LogP contribution in [0.1, 0.15) is 39.2 Å². The van der Waals surface area contributed by atoms with E-state index in [-0.39, 0.29) is 42.4 Å². The third-order valence-corrected chi connectivity index (χ3v) is 7.86. The minimum atomic E-state index is -0.549. The van der Waals surface area contributed by atoms with Gasteiger partial charge in [-0.15, -0.1) is 0 Å². The van der Waals surface area contributed by atoms with E-state index in [0.29, 0.717) is 58.1 Å². The van der Waals surface area contributed by atoms with Crippen molar-refractivity contribution < 1.29 is 28.2 Å². The fraction of sp³-hybridized carbons (Fsp3) is 0.548. The number of carbonyl (C=O) groups is 2. The van der Waals surface area contributed by atoms with Crippen molar-refractivity contribution in [3.8, 4) is 5.75 Å². The Morgan fingerprint density at radius 2 is 1.56 bits per heavy atom. The van der Waals surface area contributed by atoms with Crippen molar-refractivity contribution >= 4 is 17.9 Å². The quantitative estimate of drug-likeness (QED) is 0.477. The zero-order chi connectivity index (χ0) is 29.0. The molecule has 0 aliphatic carbocycles. The second-order valence-corrected chi connectivity index (χ2v) is 12.0. The molecule has 5 rings (SSSR count). The van der Waals surface area contributed by atoms with Crippen molar-refractivity contribution in [2.45, 2.75) is 57.9 Å². The monoisotopic (exact) mass is 568 g/mol. The molecule has 222 valence electrons. The Bertz CT molecular complexity index is 1180. The Morgan fingerprint density at radius 3 is 2.22 bits per heavy atom. The van der Waals surface area contributed by atoms with Gasteiger partial charge in [0.1, 0.15) is 18.8 Å². The van der Waals surface area contributed by atoms with Crippen LogP contribution in [-0.2, 0) is 16.1 Å². The highest BCUT2D eigenvalue weighted by molar-refractivity contribution is 5.69. The first kappa shape index (κ1) is 29.0. The number of halogens is 1. The molecule has 0 saturated carbocycles. The summed E-state index contributed by atoms with van der Waals surface area (Å²) < 4.78 is 32.6. The Labute approximate surface area is 241 Å². The normalized spacial score (nSPS) is 21.1. The molecule has 2 bridgehead atoms. The maximum atomic E-state index is 15.7. The lowest BCUT2D eigenvalue weighted by molar-refractivity contribution is 0.0209. The minimum Gasteiger partial charge on any atom is -0.489 e. The summed E-state index contributed by atoms with van der Waals surface area (Å²) in [6.07, 6.45) is 1.20. The van der Waals surface area contributed by atoms with Crippen molar-refractivity contribution in [1.82, 2.24) is 14.7 Å². The van der Waals surface area contributed by atoms with Crippen LogP contribution < -0.4 is 9.64 Å². The molecular weight excluding hydrogens is 527 g/mol. The van der Waals surface area contributed by atoms with Crippen LogP contribution >= 0.6 is 0 Å². The van der Waals surface area contributed by atoms with Gasteiger partial charge in [0, 0.05) is 57.9 Å². The summed E-state index contributed by atoms with van der Waals surface area (Å²) >= 11 is 0. The standard InChI is InChI=1S/C31H41FN4O5/c1-31(2,3)41-30(38)35-20-24-12-13-25(21-35)36(24)26-10-7-11-27(28(26)32)39-19-18-33-14-16-34(17-15-33)29(37)40-22-23-8-5-4-6-9-23/h4-11,24-25H,12-22H2,1-3H3/t24-,25?/m1/s1. The highest BCUT2D eigenvalue weighted by atomic mass is 19.1. The second kappa shape index (κ2) is 12.5. The number of ether oxygens (including phenoxy) is 3. The van der Waals surface area contributed by atoms with Gasteiger partial charge >= 0.3 is 12.2 Å². The van der Waals surface area contributed by atoms with E-state index in [1.165, 1.54) is 0 Å². The summed E-state index contributed by atoms with van der Waals surface area (Å²) in [5.74, 6) is -0.124. The van der Waals surface area contributed by atoms with Gasteiger partial charge in [0.05, 0.1) is 5.69 Å². The van der Waals surface area contributed by atoms with Gasteiger partial charge in [0.2, 0.25) is 0 Å². The van der Waals surface area contributed by atoms with Crippen molar-refractivity contribution in [2.24, 2.45) is 0 Å². The average Bonchev–Trinajstić information content (AvgIpc) is 3.20. The van der Waals surface area contributed by atoms with Crippen LogP contribution in [0.5, 0.6) is 5.75 Å². The topological polar surface area (TPSA) is 74.8 Å². The van der Waals surface area contributed by atoms with Gasteiger partial charge in [-0.1, -0.05) is 36.4 Å². The maximum absolute atomic E-state index is 15.7. The highest BCUT2D eigenvalue weighted by Gasteiger charge is 2.43. The molecule has 3 heterocycles. The van der Waals surface area contributed by atoms with Crippen LogP contribution in [0.15, 0.2) is 48.5 Å². The molecule has 2 amide bonds. The summed E-state index contributed by atoms with van der Waals surface area (Å²) in [6.45, 7) is 10.4. The van der Waals surface area contributed by atoms with Crippen LogP contribution in [0.25, 0.3) is 0 Å². The molecule has 2 atom stereocenters. The largest absolute Gasteiger partial charge is 0.489 e. The van der Waals surface area contributed by atoms with E-state index in [1.807, 2.05) is 57.2 Å². The van der Waals surface area contributed by atoms with Crippen molar-refractivity contribution in [1.29, 1.82) is 0 Å². The predicted molar refractivity (Wildman–Crippen MR) is 154 cm³/mol. The van der Waals surface area contributed by atoms with E-state index >= 15 is 4.39 Å². The predicted octanol–water partition coefficient (Wildman–Crippen LogP) is 4.75. The lowest BCUT2D eigenvalue weighted by atomic mass is 10.1. The number of anilines is 1. The van der Waals surface area contributed by atoms with E-state index in [0.717, 1.165) is 18.4 Å². The Balaban J connectivity index is 1.08. The van der Waals surface area contributed by atoms with Crippen LogP contribution in [0.2, 0.25) is 0 Å². The van der Waals surface area contributed by atoms with Crippen molar-refractivity contribution in [3.05, 3.63) is 59.9 Å². The Kier molecular flexibility index (Phi) is 8.87. The zero-order valence-corrected chi connectivity index (χ0v) is 24.3. The SMILES string of the molecule is CC(C)(C)OC(=O)N1CC2CC[C@H](C1)N2c1cccc(OCCN2CCN(C(=O)OCc3ccccc3)CC2)c1F. The summed E-state index contributed by atoms with van der Waals surface area (Å²) in [5, 5.41) is 0. The van der Waals surface area contributed by atoms with Gasteiger partial charge < -0.3 is 28.9 Å². The summed E-state index contributed by atoms with van der Waals surface area (Å²) in [6, 6.07) is 15.0. The molecule has 3 saturated heterocycles. The third kappa shape index (κ3) is 7.22. The van der Waals surface area contributed by atoms with Crippen LogP contribution in [0.4, 0.5) is 19.7 Å². The molecule has 2 aromatic carbocycles. The van der Waals surface area contributed by atoms with E-state index in [1.54, 1.807) is 21.9 Å². The van der Waals surface area contributed by atoms with Crippen LogP contribution in [-0.4, -0.2) is 97.0 Å². The molecule has 10 heteroatoms. The number of fused-ring (bicyclic) bond motifs is 2. The minimum absolute atomic E-state index is 0.0432. The molecule has 0 aromatic heterocycles. The summed E-state index contributed by atoms with van der Waals surface area (Å²) in [5.41, 5.74) is 0.942. The number of nitrogens with zero attached hydrogens (tertiary/aromatic N) is 4. The van der Waals surface area contributed by atoms with Gasteiger partial charge in [-0.25, -0.2) is 14.0 Å². The molecular formula is C31H41FN4O5. The molecule has 3 aliphatic heterocycles. The number of amides is 2. The van der Waals surface area contributed by atoms with Crippen LogP contribution in [0.3, 0.4) is 0 Å². The van der Waals surface area contributed by atoms with E-state index in [9.17, 15) is 9.59 Å². The van der Waals surface area contributed by atoms with Crippen molar-refractivity contribution in [3.63, 3.8) is 0 Å². The molecule has 3 aliphatic rings. The van der Waals surface area contributed by atoms with Gasteiger partial charge in [0.25, 0.3) is 0 Å². The molecule has 1 unspecified atom stereocenters. The first-order valence-corrected chi connectivity index (χ1v) is 14.5. The number of likely N-dealkylation sites (tertiary alicyclic amines) is 1. The second-order valence-electron chi connectivity index (χ2n) is 12.0. The number of benzene rings is 2. The molecule has 9 nitrogen and oxygen atoms in total. The van der Waals surface area contributed by atoms with E-state index in [4.69, 9.17) is 14.2 Å². The lowest BCUT2D eigenvalue weighted by Gasteiger charge is -2.42. The lowest BCUT2D eigenvalue weighted by Crippen LogP contribution is -2.56. The maximum Gasteiger partial charge on any atom is 0.410 e. The third-order valence-electron chi connectivity index (χ3n) is 7.86. The highest BCUT2D eigenvalue weighted by Crippen LogP contribution is 2.38. The number of carbonyl (C=O) groups excluding carboxylic acids is 2. The van der Waals surface area contributed by atoms with E-state index < -0.39 is 5.60 Å². The first-order valence-electron chi connectivity index (χ1n) is 14.5. The molecule has 0 radical (unpaired) electrons. The fourth-order valence-electron chi connectivity index (χ4n) is 5.83. The van der Waals surface area contributed by atoms with Gasteiger partial charge in [-0.3, -0.25) is 4.90 Å². The average molecular weight is 569 g/mol. The summed E-state index contributed by atoms with van der Waals surface area (Å²) in [7, 11) is 0. The van der Waals surface area contributed by atoms with Crippen molar-refractivity contribution in [2.75, 3.05) is 57.3 Å². The summed E-state index contributed by atoms with van der Waals surface area (Å²) in [4.78, 5) is 32.9. The Hall–Kier alpha value is -3.53. The first-order chi connectivity index (χ1) is 19.7. The molecule has 3 fully saturated rings. The smallest absolute Gasteiger partial charge is 0.410 e. The Morgan fingerprint density at radius 1 is 0.878 bits per heavy atom. The zero-order valence-electron chi connectivity index (χ0n) is 24.3. The van der Waals surface area contributed by atoms with Gasteiger partial charge in [0.15, 0.2) is 11.6 Å². The number of rotatable bonds is 7. The van der Waals surface area contributed by atoms with Crippen LogP contribution in [0, 0.1) is 5.82 Å². The number of piperazine rings is 2. The molecule has 0 spiro atoms. The number of hydrogen-bond donors (Lipinski definition) is 0. The molecule has 2 aromatic rings. The van der Waals surface area contributed by atoms with Gasteiger partial charge in [-0.05, 0) is 51.3 Å². The van der Waals surface area contributed by atoms with E-state index in [2.05, 4.69) is 9.80 Å². The molecule has 0 N–H and O–H groups in total. The van der Waals surface area contributed by atoms with Gasteiger partial charge in [-0.2, -0.15) is 0 Å².